The Balaban J connectivity index is 2.08. The number of amides is 2. The number of carbonyl (C=O) groups excluding carboxylic acids is 1. The maximum absolute atomic E-state index is 11.9. The second-order valence-electron chi connectivity index (χ2n) is 4.57. The minimum atomic E-state index is -0.472. The first-order valence-corrected chi connectivity index (χ1v) is 7.69. The van der Waals surface area contributed by atoms with Crippen molar-refractivity contribution in [1.82, 2.24) is 0 Å². The molecule has 0 aliphatic carbocycles. The molecule has 0 bridgehead atoms. The van der Waals surface area contributed by atoms with Gasteiger partial charge in [-0.1, -0.05) is 12.1 Å². The van der Waals surface area contributed by atoms with Crippen molar-refractivity contribution in [3.8, 4) is 0 Å². The van der Waals surface area contributed by atoms with Crippen LogP contribution < -0.4 is 10.6 Å². The molecule has 0 aliphatic rings. The molecule has 2 aromatic rings. The van der Waals surface area contributed by atoms with Crippen LogP contribution in [0.1, 0.15) is 5.56 Å². The number of hydrogen-bond donors (Lipinski definition) is 2. The molecule has 7 heteroatoms. The fourth-order valence-corrected chi connectivity index (χ4v) is 2.34. The molecule has 0 fully saturated rings. The summed E-state index contributed by atoms with van der Waals surface area (Å²) in [6.45, 7) is 1.65. The van der Waals surface area contributed by atoms with E-state index in [0.29, 0.717) is 16.9 Å². The van der Waals surface area contributed by atoms with Crippen LogP contribution in [0.25, 0.3) is 0 Å². The summed E-state index contributed by atoms with van der Waals surface area (Å²) in [5.41, 5.74) is 1.55. The summed E-state index contributed by atoms with van der Waals surface area (Å²) in [7, 11) is 0. The summed E-state index contributed by atoms with van der Waals surface area (Å²) < 4.78 is 0. The van der Waals surface area contributed by atoms with Crippen LogP contribution in [-0.2, 0) is 0 Å². The van der Waals surface area contributed by atoms with Crippen molar-refractivity contribution in [2.75, 3.05) is 16.9 Å². The monoisotopic (exact) mass is 317 g/mol. The SMILES string of the molecule is CSc1cccc(NC(=O)Nc2ccc(C)c([N+](=O)[O-])c2)c1. The Morgan fingerprint density at radius 3 is 2.45 bits per heavy atom. The number of aryl methyl sites for hydroxylation is 1. The van der Waals surface area contributed by atoms with Gasteiger partial charge < -0.3 is 10.6 Å². The van der Waals surface area contributed by atoms with E-state index in [4.69, 9.17) is 0 Å². The topological polar surface area (TPSA) is 84.3 Å². The largest absolute Gasteiger partial charge is 0.323 e. The summed E-state index contributed by atoms with van der Waals surface area (Å²) >= 11 is 1.57. The lowest BCUT2D eigenvalue weighted by Crippen LogP contribution is -2.19. The number of rotatable bonds is 4. The summed E-state index contributed by atoms with van der Waals surface area (Å²) in [4.78, 5) is 23.4. The molecule has 114 valence electrons. The molecule has 2 aromatic carbocycles. The van der Waals surface area contributed by atoms with Gasteiger partial charge in [0.15, 0.2) is 0 Å². The highest BCUT2D eigenvalue weighted by atomic mass is 32.2. The molecule has 0 saturated carbocycles. The maximum Gasteiger partial charge on any atom is 0.323 e. The Labute approximate surface area is 132 Å². The minimum absolute atomic E-state index is 0.0258. The van der Waals surface area contributed by atoms with E-state index in [-0.39, 0.29) is 5.69 Å². The van der Waals surface area contributed by atoms with Crippen LogP contribution in [0.4, 0.5) is 21.9 Å². The van der Waals surface area contributed by atoms with Gasteiger partial charge in [-0.3, -0.25) is 10.1 Å². The molecule has 0 heterocycles. The number of urea groups is 1. The van der Waals surface area contributed by atoms with E-state index in [9.17, 15) is 14.9 Å². The zero-order valence-electron chi connectivity index (χ0n) is 12.1. The number of nitro groups is 1. The molecule has 0 unspecified atom stereocenters. The normalized spacial score (nSPS) is 10.1. The van der Waals surface area contributed by atoms with Crippen LogP contribution in [0.3, 0.4) is 0 Å². The highest BCUT2D eigenvalue weighted by Gasteiger charge is 2.12. The zero-order chi connectivity index (χ0) is 16.1. The molecule has 0 aliphatic heterocycles. The summed E-state index contributed by atoms with van der Waals surface area (Å²) in [5.74, 6) is 0. The van der Waals surface area contributed by atoms with E-state index < -0.39 is 11.0 Å². The molecule has 0 saturated heterocycles. The van der Waals surface area contributed by atoms with Crippen LogP contribution in [0, 0.1) is 17.0 Å². The van der Waals surface area contributed by atoms with Gasteiger partial charge in [0.05, 0.1) is 4.92 Å². The molecule has 2 rings (SSSR count). The quantitative estimate of drug-likeness (QED) is 0.501. The van der Waals surface area contributed by atoms with Gasteiger partial charge in [-0.05, 0) is 37.4 Å². The molecule has 6 nitrogen and oxygen atoms in total. The number of nitrogens with one attached hydrogen (secondary N) is 2. The fraction of sp³-hybridized carbons (Fsp3) is 0.133. The molecular formula is C15H15N3O3S. The second kappa shape index (κ2) is 6.95. The summed E-state index contributed by atoms with van der Waals surface area (Å²) in [6, 6.07) is 11.5. The van der Waals surface area contributed by atoms with E-state index in [1.165, 1.54) is 6.07 Å². The van der Waals surface area contributed by atoms with Crippen molar-refractivity contribution in [3.05, 3.63) is 58.1 Å². The predicted molar refractivity (Wildman–Crippen MR) is 88.7 cm³/mol. The Hall–Kier alpha value is -2.54. The number of nitro benzene ring substituents is 1. The summed E-state index contributed by atoms with van der Waals surface area (Å²) in [6.07, 6.45) is 1.95. The van der Waals surface area contributed by atoms with Gasteiger partial charge in [0.25, 0.3) is 5.69 Å². The standard InChI is InChI=1S/C15H15N3O3S/c1-10-6-7-12(9-14(10)18(20)21)17-15(19)16-11-4-3-5-13(8-11)22-2/h3-9H,1-2H3,(H2,16,17,19). The third-order valence-corrected chi connectivity index (χ3v) is 3.72. The minimum Gasteiger partial charge on any atom is -0.308 e. The first-order chi connectivity index (χ1) is 10.5. The van der Waals surface area contributed by atoms with Gasteiger partial charge in [-0.2, -0.15) is 0 Å². The van der Waals surface area contributed by atoms with Crippen LogP contribution in [0.2, 0.25) is 0 Å². The molecule has 0 spiro atoms. The number of benzene rings is 2. The van der Waals surface area contributed by atoms with Gasteiger partial charge in [-0.25, -0.2) is 4.79 Å². The van der Waals surface area contributed by atoms with Crippen molar-refractivity contribution in [3.63, 3.8) is 0 Å². The highest BCUT2D eigenvalue weighted by Crippen LogP contribution is 2.23. The lowest BCUT2D eigenvalue weighted by molar-refractivity contribution is -0.385. The molecule has 2 N–H and O–H groups in total. The van der Waals surface area contributed by atoms with Gasteiger partial charge in [0.2, 0.25) is 0 Å². The lowest BCUT2D eigenvalue weighted by Gasteiger charge is -2.09. The van der Waals surface area contributed by atoms with Crippen molar-refractivity contribution in [2.24, 2.45) is 0 Å². The number of hydrogen-bond acceptors (Lipinski definition) is 4. The number of nitrogens with zero attached hydrogens (tertiary/aromatic N) is 1. The van der Waals surface area contributed by atoms with E-state index in [0.717, 1.165) is 4.90 Å². The van der Waals surface area contributed by atoms with E-state index in [1.54, 1.807) is 36.9 Å². The average molecular weight is 317 g/mol. The average Bonchev–Trinajstić information content (AvgIpc) is 2.49. The highest BCUT2D eigenvalue weighted by molar-refractivity contribution is 7.98. The van der Waals surface area contributed by atoms with Gasteiger partial charge in [0, 0.05) is 27.9 Å². The molecule has 0 radical (unpaired) electrons. The first kappa shape index (κ1) is 15.8. The lowest BCUT2D eigenvalue weighted by atomic mass is 10.2. The maximum atomic E-state index is 11.9. The first-order valence-electron chi connectivity index (χ1n) is 6.46. The molecule has 0 atom stereocenters. The zero-order valence-corrected chi connectivity index (χ0v) is 12.9. The predicted octanol–water partition coefficient (Wildman–Crippen LogP) is 4.27. The number of thioether (sulfide) groups is 1. The molecular weight excluding hydrogens is 302 g/mol. The summed E-state index contributed by atoms with van der Waals surface area (Å²) in [5, 5.41) is 16.2. The van der Waals surface area contributed by atoms with Crippen LogP contribution in [-0.4, -0.2) is 17.2 Å². The number of anilines is 2. The Morgan fingerprint density at radius 2 is 1.82 bits per heavy atom. The van der Waals surface area contributed by atoms with E-state index in [2.05, 4.69) is 10.6 Å². The molecule has 2 amide bonds. The molecule has 0 aromatic heterocycles. The van der Waals surface area contributed by atoms with Gasteiger partial charge >= 0.3 is 6.03 Å². The second-order valence-corrected chi connectivity index (χ2v) is 5.45. The van der Waals surface area contributed by atoms with E-state index in [1.807, 2.05) is 24.5 Å². The Kier molecular flexibility index (Phi) is 5.00. The van der Waals surface area contributed by atoms with Crippen molar-refractivity contribution in [1.29, 1.82) is 0 Å². The fourth-order valence-electron chi connectivity index (χ4n) is 1.88. The van der Waals surface area contributed by atoms with Crippen molar-refractivity contribution < 1.29 is 9.72 Å². The molecule has 22 heavy (non-hydrogen) atoms. The van der Waals surface area contributed by atoms with Crippen LogP contribution in [0.5, 0.6) is 0 Å². The van der Waals surface area contributed by atoms with Crippen molar-refractivity contribution in [2.45, 2.75) is 11.8 Å². The van der Waals surface area contributed by atoms with Crippen LogP contribution >= 0.6 is 11.8 Å². The van der Waals surface area contributed by atoms with Gasteiger partial charge in [0.1, 0.15) is 0 Å². The third kappa shape index (κ3) is 3.98. The smallest absolute Gasteiger partial charge is 0.308 e. The Morgan fingerprint density at radius 1 is 1.14 bits per heavy atom. The Bertz CT molecular complexity index is 719. The van der Waals surface area contributed by atoms with E-state index >= 15 is 0 Å². The van der Waals surface area contributed by atoms with Gasteiger partial charge in [-0.15, -0.1) is 11.8 Å². The number of carbonyl (C=O) groups is 1. The van der Waals surface area contributed by atoms with Crippen molar-refractivity contribution >= 4 is 34.9 Å². The third-order valence-electron chi connectivity index (χ3n) is 2.99. The van der Waals surface area contributed by atoms with Crippen LogP contribution in [0.15, 0.2) is 47.4 Å².